The molecule has 6 heteroatoms. The Hall–Kier alpha value is -1.40. The fourth-order valence-electron chi connectivity index (χ4n) is 2.77. The van der Waals surface area contributed by atoms with Gasteiger partial charge >= 0.3 is 0 Å². The molecule has 1 aromatic carbocycles. The lowest BCUT2D eigenvalue weighted by Crippen LogP contribution is -2.33. The number of thioether (sulfide) groups is 1. The molecule has 1 fully saturated rings. The number of hydrogen-bond donors (Lipinski definition) is 0. The largest absolute Gasteiger partial charge is 0.416 e. The van der Waals surface area contributed by atoms with Crippen LogP contribution in [0.2, 0.25) is 0 Å². The number of likely N-dealkylation sites (tertiary alicyclic amines) is 1. The van der Waals surface area contributed by atoms with Crippen LogP contribution in [0.25, 0.3) is 0 Å². The van der Waals surface area contributed by atoms with E-state index in [0.717, 1.165) is 12.3 Å². The highest BCUT2D eigenvalue weighted by Crippen LogP contribution is 2.25. The van der Waals surface area contributed by atoms with E-state index in [9.17, 15) is 4.39 Å². The van der Waals surface area contributed by atoms with E-state index in [-0.39, 0.29) is 5.82 Å². The van der Waals surface area contributed by atoms with Crippen molar-refractivity contribution in [3.8, 4) is 0 Å². The van der Waals surface area contributed by atoms with Gasteiger partial charge < -0.3 is 9.32 Å². The zero-order valence-electron chi connectivity index (χ0n) is 12.7. The molecule has 22 heavy (non-hydrogen) atoms. The Labute approximate surface area is 134 Å². The summed E-state index contributed by atoms with van der Waals surface area (Å²) < 4.78 is 19.2. The molecule has 2 aromatic rings. The molecule has 0 N–H and O–H groups in total. The fraction of sp³-hybridized carbons (Fsp3) is 0.500. The Bertz CT molecular complexity index is 619. The molecule has 4 nitrogen and oxygen atoms in total. The van der Waals surface area contributed by atoms with Crippen molar-refractivity contribution < 1.29 is 8.81 Å². The van der Waals surface area contributed by atoms with Crippen molar-refractivity contribution in [3.63, 3.8) is 0 Å². The van der Waals surface area contributed by atoms with E-state index in [2.05, 4.69) is 22.1 Å². The van der Waals surface area contributed by atoms with Gasteiger partial charge in [0.1, 0.15) is 5.82 Å². The first-order chi connectivity index (χ1) is 10.7. The maximum atomic E-state index is 13.6. The number of nitrogens with zero attached hydrogens (tertiary/aromatic N) is 3. The van der Waals surface area contributed by atoms with Crippen LogP contribution in [0.3, 0.4) is 0 Å². The van der Waals surface area contributed by atoms with Crippen LogP contribution in [-0.2, 0) is 6.42 Å². The molecule has 0 spiro atoms. The third-order valence-corrected chi connectivity index (χ3v) is 4.96. The van der Waals surface area contributed by atoms with E-state index in [1.807, 2.05) is 6.07 Å². The van der Waals surface area contributed by atoms with E-state index in [0.29, 0.717) is 29.0 Å². The van der Waals surface area contributed by atoms with Gasteiger partial charge in [0.25, 0.3) is 5.22 Å². The molecule has 0 saturated carbocycles. The molecule has 3 rings (SSSR count). The summed E-state index contributed by atoms with van der Waals surface area (Å²) in [4.78, 5) is 2.37. The van der Waals surface area contributed by atoms with Crippen LogP contribution in [0, 0.1) is 11.7 Å². The van der Waals surface area contributed by atoms with Crippen molar-refractivity contribution in [2.45, 2.75) is 24.5 Å². The van der Waals surface area contributed by atoms with Crippen LogP contribution in [0.4, 0.5) is 4.39 Å². The second kappa shape index (κ2) is 7.24. The van der Waals surface area contributed by atoms with E-state index in [4.69, 9.17) is 4.42 Å². The van der Waals surface area contributed by atoms with Gasteiger partial charge in [-0.1, -0.05) is 30.0 Å². The maximum absolute atomic E-state index is 13.6. The number of halogens is 1. The van der Waals surface area contributed by atoms with Gasteiger partial charge in [-0.15, -0.1) is 10.2 Å². The monoisotopic (exact) mass is 321 g/mol. The normalized spacial score (nSPS) is 19.5. The first-order valence-corrected chi connectivity index (χ1v) is 8.56. The van der Waals surface area contributed by atoms with E-state index in [1.165, 1.54) is 25.5 Å². The summed E-state index contributed by atoms with van der Waals surface area (Å²) in [6.45, 7) is 2.32. The second-order valence-electron chi connectivity index (χ2n) is 5.81. The minimum Gasteiger partial charge on any atom is -0.416 e. The van der Waals surface area contributed by atoms with Crippen molar-refractivity contribution in [1.82, 2.24) is 15.1 Å². The van der Waals surface area contributed by atoms with Crippen molar-refractivity contribution in [3.05, 3.63) is 41.5 Å². The van der Waals surface area contributed by atoms with Crippen LogP contribution in [0.1, 0.15) is 24.3 Å². The number of hydrogen-bond acceptors (Lipinski definition) is 5. The molecule has 1 aliphatic rings. The molecule has 1 unspecified atom stereocenters. The maximum Gasteiger partial charge on any atom is 0.276 e. The molecule has 2 heterocycles. The predicted molar refractivity (Wildman–Crippen MR) is 84.4 cm³/mol. The molecule has 1 atom stereocenters. The summed E-state index contributed by atoms with van der Waals surface area (Å²) >= 11 is 1.60. The molecule has 0 bridgehead atoms. The molecule has 0 aliphatic carbocycles. The summed E-state index contributed by atoms with van der Waals surface area (Å²) in [6, 6.07) is 6.67. The van der Waals surface area contributed by atoms with E-state index in [1.54, 1.807) is 23.9 Å². The van der Waals surface area contributed by atoms with Crippen molar-refractivity contribution in [2.75, 3.05) is 25.9 Å². The van der Waals surface area contributed by atoms with Crippen LogP contribution in [0.5, 0.6) is 0 Å². The average molecular weight is 321 g/mol. The number of aromatic nitrogens is 2. The average Bonchev–Trinajstić information content (AvgIpc) is 2.95. The first kappa shape index (κ1) is 15.5. The summed E-state index contributed by atoms with van der Waals surface area (Å²) in [5.41, 5.74) is 0.580. The minimum atomic E-state index is -0.236. The Kier molecular flexibility index (Phi) is 5.10. The molecule has 1 saturated heterocycles. The number of rotatable bonds is 5. The van der Waals surface area contributed by atoms with Gasteiger partial charge in [-0.05, 0) is 44.0 Å². The first-order valence-electron chi connectivity index (χ1n) is 7.58. The Morgan fingerprint density at radius 1 is 1.36 bits per heavy atom. The van der Waals surface area contributed by atoms with Crippen LogP contribution in [-0.4, -0.2) is 41.0 Å². The lowest BCUT2D eigenvalue weighted by molar-refractivity contribution is 0.224. The Balaban J connectivity index is 1.54. The zero-order valence-corrected chi connectivity index (χ0v) is 13.5. The third kappa shape index (κ3) is 4.08. The molecular weight excluding hydrogens is 301 g/mol. The highest BCUT2D eigenvalue weighted by molar-refractivity contribution is 7.99. The summed E-state index contributed by atoms with van der Waals surface area (Å²) in [5.74, 6) is 1.89. The Morgan fingerprint density at radius 3 is 3.05 bits per heavy atom. The quantitative estimate of drug-likeness (QED) is 0.791. The van der Waals surface area contributed by atoms with Crippen molar-refractivity contribution in [1.29, 1.82) is 0 Å². The highest BCUT2D eigenvalue weighted by Gasteiger charge is 2.18. The molecule has 0 radical (unpaired) electrons. The summed E-state index contributed by atoms with van der Waals surface area (Å²) in [5, 5.41) is 8.66. The standard InChI is InChI=1S/C16H20FN3OS/c1-20-8-4-5-12(10-20)11-22-16-19-18-15(21-16)9-13-6-2-3-7-14(13)17/h2-3,6-7,12H,4-5,8-11H2,1H3. The molecule has 0 amide bonds. The molecular formula is C16H20FN3OS. The van der Waals surface area contributed by atoms with Gasteiger partial charge in [0.05, 0.1) is 6.42 Å². The molecule has 1 aliphatic heterocycles. The van der Waals surface area contributed by atoms with Gasteiger partial charge in [-0.3, -0.25) is 0 Å². The fourth-order valence-corrected chi connectivity index (χ4v) is 3.68. The van der Waals surface area contributed by atoms with Gasteiger partial charge in [-0.25, -0.2) is 4.39 Å². The third-order valence-electron chi connectivity index (χ3n) is 3.91. The van der Waals surface area contributed by atoms with Gasteiger partial charge in [-0.2, -0.15) is 0 Å². The number of benzene rings is 1. The smallest absolute Gasteiger partial charge is 0.276 e. The second-order valence-corrected chi connectivity index (χ2v) is 6.78. The lowest BCUT2D eigenvalue weighted by Gasteiger charge is -2.28. The van der Waals surface area contributed by atoms with Crippen LogP contribution >= 0.6 is 11.8 Å². The number of piperidine rings is 1. The lowest BCUT2D eigenvalue weighted by atomic mass is 10.0. The SMILES string of the molecule is CN1CCCC(CSc2nnc(Cc3ccccc3F)o2)C1. The topological polar surface area (TPSA) is 42.2 Å². The molecule has 118 valence electrons. The van der Waals surface area contributed by atoms with Crippen LogP contribution in [0.15, 0.2) is 33.9 Å². The van der Waals surface area contributed by atoms with Crippen molar-refractivity contribution >= 4 is 11.8 Å². The summed E-state index contributed by atoms with van der Waals surface area (Å²) in [6.07, 6.45) is 2.85. The van der Waals surface area contributed by atoms with E-state index < -0.39 is 0 Å². The van der Waals surface area contributed by atoms with Gasteiger partial charge in [0, 0.05) is 12.3 Å². The van der Waals surface area contributed by atoms with E-state index >= 15 is 0 Å². The van der Waals surface area contributed by atoms with Gasteiger partial charge in [0.15, 0.2) is 0 Å². The predicted octanol–water partition coefficient (Wildman–Crippen LogP) is 3.23. The Morgan fingerprint density at radius 2 is 2.23 bits per heavy atom. The zero-order chi connectivity index (χ0) is 15.4. The highest BCUT2D eigenvalue weighted by atomic mass is 32.2. The van der Waals surface area contributed by atoms with Crippen molar-refractivity contribution in [2.24, 2.45) is 5.92 Å². The minimum absolute atomic E-state index is 0.236. The van der Waals surface area contributed by atoms with Crippen LogP contribution < -0.4 is 0 Å². The summed E-state index contributed by atoms with van der Waals surface area (Å²) in [7, 11) is 2.16. The molecule has 1 aromatic heterocycles. The van der Waals surface area contributed by atoms with Gasteiger partial charge in [0.2, 0.25) is 5.89 Å².